The van der Waals surface area contributed by atoms with E-state index >= 15 is 0 Å². The van der Waals surface area contributed by atoms with Crippen molar-refractivity contribution in [2.75, 3.05) is 0 Å². The van der Waals surface area contributed by atoms with Crippen molar-refractivity contribution in [3.05, 3.63) is 56.8 Å². The Labute approximate surface area is 121 Å². The summed E-state index contributed by atoms with van der Waals surface area (Å²) < 4.78 is 4.28. The molecule has 0 unspecified atom stereocenters. The van der Waals surface area contributed by atoms with Crippen molar-refractivity contribution in [1.82, 2.24) is 9.38 Å². The van der Waals surface area contributed by atoms with Crippen molar-refractivity contribution in [3.8, 4) is 11.3 Å². The van der Waals surface area contributed by atoms with Gasteiger partial charge in [-0.2, -0.15) is 0 Å². The van der Waals surface area contributed by atoms with E-state index in [1.807, 2.05) is 28.8 Å². The Morgan fingerprint density at radius 3 is 2.53 bits per heavy atom. The highest BCUT2D eigenvalue weighted by Crippen LogP contribution is 2.22. The van der Waals surface area contributed by atoms with Crippen LogP contribution < -0.4 is 0 Å². The number of benzene rings is 1. The second kappa shape index (κ2) is 4.42. The van der Waals surface area contributed by atoms with E-state index in [0.717, 1.165) is 21.5 Å². The molecule has 2 nitrogen and oxygen atoms in total. The minimum absolute atomic E-state index is 0.952. The van der Waals surface area contributed by atoms with E-state index in [1.165, 1.54) is 3.57 Å². The molecular formula is C13H8BrIN2. The van der Waals surface area contributed by atoms with Gasteiger partial charge >= 0.3 is 0 Å². The third-order valence-electron chi connectivity index (χ3n) is 2.58. The Morgan fingerprint density at radius 2 is 1.82 bits per heavy atom. The molecule has 0 fully saturated rings. The fourth-order valence-electron chi connectivity index (χ4n) is 1.74. The molecule has 0 atom stereocenters. The van der Waals surface area contributed by atoms with Crippen LogP contribution in [-0.2, 0) is 0 Å². The van der Waals surface area contributed by atoms with Crippen molar-refractivity contribution >= 4 is 44.2 Å². The number of rotatable bonds is 1. The van der Waals surface area contributed by atoms with Crippen LogP contribution in [0.5, 0.6) is 0 Å². The van der Waals surface area contributed by atoms with Crippen molar-refractivity contribution in [2.45, 2.75) is 0 Å². The van der Waals surface area contributed by atoms with Gasteiger partial charge in [0.15, 0.2) is 0 Å². The first-order valence-corrected chi connectivity index (χ1v) is 7.01. The standard InChI is InChI=1S/C13H8BrIN2/c14-12-2-1-3-13-16-11(8-17(12)13)9-4-6-10(15)7-5-9/h1-8H. The summed E-state index contributed by atoms with van der Waals surface area (Å²) in [5.41, 5.74) is 3.09. The van der Waals surface area contributed by atoms with E-state index in [0.29, 0.717) is 0 Å². The number of nitrogens with zero attached hydrogens (tertiary/aromatic N) is 2. The van der Waals surface area contributed by atoms with Crippen LogP contribution in [0.1, 0.15) is 0 Å². The molecular weight excluding hydrogens is 391 g/mol. The lowest BCUT2D eigenvalue weighted by molar-refractivity contribution is 1.14. The fourth-order valence-corrected chi connectivity index (χ4v) is 2.53. The lowest BCUT2D eigenvalue weighted by Crippen LogP contribution is -1.82. The predicted molar refractivity (Wildman–Crippen MR) is 81.0 cm³/mol. The SMILES string of the molecule is Brc1cccc2nc(-c3ccc(I)cc3)cn12. The topological polar surface area (TPSA) is 17.3 Å². The Bertz CT molecular complexity index is 673. The summed E-state index contributed by atoms with van der Waals surface area (Å²) in [6.07, 6.45) is 2.04. The van der Waals surface area contributed by atoms with Gasteiger partial charge in [-0.15, -0.1) is 0 Å². The van der Waals surface area contributed by atoms with Crippen molar-refractivity contribution in [1.29, 1.82) is 0 Å². The lowest BCUT2D eigenvalue weighted by Gasteiger charge is -1.95. The van der Waals surface area contributed by atoms with Crippen molar-refractivity contribution < 1.29 is 0 Å². The summed E-state index contributed by atoms with van der Waals surface area (Å²) in [5.74, 6) is 0. The van der Waals surface area contributed by atoms with Crippen LogP contribution in [0.2, 0.25) is 0 Å². The third kappa shape index (κ3) is 2.11. The number of pyridine rings is 1. The van der Waals surface area contributed by atoms with Crippen molar-refractivity contribution in [2.24, 2.45) is 0 Å². The molecule has 0 aliphatic carbocycles. The number of hydrogen-bond donors (Lipinski definition) is 0. The molecule has 0 N–H and O–H groups in total. The first kappa shape index (κ1) is 11.2. The molecule has 3 rings (SSSR count). The molecule has 0 aliphatic heterocycles. The Hall–Kier alpha value is -0.880. The van der Waals surface area contributed by atoms with E-state index < -0.39 is 0 Å². The highest BCUT2D eigenvalue weighted by Gasteiger charge is 2.05. The van der Waals surface area contributed by atoms with Crippen LogP contribution in [0.4, 0.5) is 0 Å². The molecule has 0 saturated heterocycles. The average molecular weight is 399 g/mol. The van der Waals surface area contributed by atoms with Crippen LogP contribution in [-0.4, -0.2) is 9.38 Å². The summed E-state index contributed by atoms with van der Waals surface area (Å²) in [6.45, 7) is 0. The average Bonchev–Trinajstić information content (AvgIpc) is 2.75. The lowest BCUT2D eigenvalue weighted by atomic mass is 10.2. The predicted octanol–water partition coefficient (Wildman–Crippen LogP) is 4.37. The monoisotopic (exact) mass is 398 g/mol. The molecule has 0 radical (unpaired) electrons. The van der Waals surface area contributed by atoms with E-state index in [9.17, 15) is 0 Å². The largest absolute Gasteiger partial charge is 0.293 e. The second-order valence-electron chi connectivity index (χ2n) is 3.71. The molecule has 0 aliphatic rings. The van der Waals surface area contributed by atoms with Gasteiger partial charge in [0.25, 0.3) is 0 Å². The van der Waals surface area contributed by atoms with Gasteiger partial charge in [-0.1, -0.05) is 18.2 Å². The van der Waals surface area contributed by atoms with E-state index in [2.05, 4.69) is 67.8 Å². The minimum atomic E-state index is 0.952. The number of fused-ring (bicyclic) bond motifs is 1. The smallest absolute Gasteiger partial charge is 0.138 e. The van der Waals surface area contributed by atoms with E-state index in [1.54, 1.807) is 0 Å². The molecule has 1 aromatic carbocycles. The van der Waals surface area contributed by atoms with Gasteiger partial charge in [0.2, 0.25) is 0 Å². The van der Waals surface area contributed by atoms with Crippen molar-refractivity contribution in [3.63, 3.8) is 0 Å². The summed E-state index contributed by atoms with van der Waals surface area (Å²) in [7, 11) is 0. The normalized spacial score (nSPS) is 10.9. The first-order chi connectivity index (χ1) is 8.24. The zero-order valence-corrected chi connectivity index (χ0v) is 12.5. The van der Waals surface area contributed by atoms with Crippen LogP contribution >= 0.6 is 38.5 Å². The molecule has 84 valence electrons. The molecule has 0 spiro atoms. The van der Waals surface area contributed by atoms with Gasteiger partial charge in [0.1, 0.15) is 5.65 Å². The first-order valence-electron chi connectivity index (χ1n) is 5.13. The molecule has 0 bridgehead atoms. The Morgan fingerprint density at radius 1 is 1.06 bits per heavy atom. The quantitative estimate of drug-likeness (QED) is 0.439. The Kier molecular flexibility index (Phi) is 2.92. The summed E-state index contributed by atoms with van der Waals surface area (Å²) in [6, 6.07) is 14.4. The molecule has 2 aromatic heterocycles. The number of imidazole rings is 1. The van der Waals surface area contributed by atoms with Crippen LogP contribution in [0.25, 0.3) is 16.9 Å². The zero-order chi connectivity index (χ0) is 11.8. The molecule has 4 heteroatoms. The maximum atomic E-state index is 4.60. The van der Waals surface area contributed by atoms with E-state index in [-0.39, 0.29) is 0 Å². The number of hydrogen-bond acceptors (Lipinski definition) is 1. The summed E-state index contributed by atoms with van der Waals surface area (Å²) in [4.78, 5) is 4.60. The molecule has 0 amide bonds. The maximum Gasteiger partial charge on any atom is 0.138 e. The minimum Gasteiger partial charge on any atom is -0.293 e. The fraction of sp³-hybridized carbons (Fsp3) is 0. The van der Waals surface area contributed by atoms with Gasteiger partial charge in [0.05, 0.1) is 10.3 Å². The molecule has 17 heavy (non-hydrogen) atoms. The van der Waals surface area contributed by atoms with Crippen LogP contribution in [0.15, 0.2) is 53.3 Å². The van der Waals surface area contributed by atoms with Gasteiger partial charge in [0, 0.05) is 15.3 Å². The van der Waals surface area contributed by atoms with Gasteiger partial charge in [-0.05, 0) is 62.8 Å². The highest BCUT2D eigenvalue weighted by atomic mass is 127. The van der Waals surface area contributed by atoms with Gasteiger partial charge in [-0.25, -0.2) is 4.98 Å². The zero-order valence-electron chi connectivity index (χ0n) is 8.77. The van der Waals surface area contributed by atoms with Crippen LogP contribution in [0.3, 0.4) is 0 Å². The number of aromatic nitrogens is 2. The summed E-state index contributed by atoms with van der Waals surface area (Å²) in [5, 5.41) is 0. The van der Waals surface area contributed by atoms with E-state index in [4.69, 9.17) is 0 Å². The Balaban J connectivity index is 2.18. The highest BCUT2D eigenvalue weighted by molar-refractivity contribution is 14.1. The second-order valence-corrected chi connectivity index (χ2v) is 5.77. The third-order valence-corrected chi connectivity index (χ3v) is 3.95. The number of halogens is 2. The van der Waals surface area contributed by atoms with Gasteiger partial charge in [-0.3, -0.25) is 4.40 Å². The molecule has 3 aromatic rings. The molecule has 2 heterocycles. The summed E-state index contributed by atoms with van der Waals surface area (Å²) >= 11 is 5.82. The molecule has 0 saturated carbocycles. The van der Waals surface area contributed by atoms with Crippen LogP contribution in [0, 0.1) is 3.57 Å². The van der Waals surface area contributed by atoms with Gasteiger partial charge < -0.3 is 0 Å². The maximum absolute atomic E-state index is 4.60.